The zero-order chi connectivity index (χ0) is 18.4. The SMILES string of the molecule is CSc1nc(Nc2ccccc2)c(C(=O)O)c(SCc2ccccc2)n1. The molecule has 7 heteroatoms. The Balaban J connectivity index is 1.96. The van der Waals surface area contributed by atoms with Crippen LogP contribution in [0.5, 0.6) is 0 Å². The first-order valence-corrected chi connectivity index (χ1v) is 10.1. The Hall–Kier alpha value is -2.51. The molecule has 0 fully saturated rings. The van der Waals surface area contributed by atoms with E-state index in [4.69, 9.17) is 0 Å². The standard InChI is InChI=1S/C19H17N3O2S2/c1-25-19-21-16(20-14-10-6-3-7-11-14)15(18(23)24)17(22-19)26-12-13-8-4-2-5-9-13/h2-11H,12H2,1H3,(H,23,24)(H,20,21,22). The molecule has 0 radical (unpaired) electrons. The van der Waals surface area contributed by atoms with E-state index in [1.54, 1.807) is 0 Å². The van der Waals surface area contributed by atoms with Gasteiger partial charge < -0.3 is 10.4 Å². The van der Waals surface area contributed by atoms with Crippen molar-refractivity contribution in [3.63, 3.8) is 0 Å². The van der Waals surface area contributed by atoms with Gasteiger partial charge in [0.15, 0.2) is 11.0 Å². The molecule has 1 aromatic heterocycles. The van der Waals surface area contributed by atoms with Gasteiger partial charge in [-0.1, -0.05) is 60.3 Å². The maximum atomic E-state index is 11.9. The number of anilines is 2. The molecular formula is C19H17N3O2S2. The van der Waals surface area contributed by atoms with Crippen molar-refractivity contribution in [1.82, 2.24) is 9.97 Å². The second-order valence-electron chi connectivity index (χ2n) is 5.31. The van der Waals surface area contributed by atoms with Crippen LogP contribution in [0.1, 0.15) is 15.9 Å². The summed E-state index contributed by atoms with van der Waals surface area (Å²) in [5.74, 6) is -0.109. The van der Waals surface area contributed by atoms with Gasteiger partial charge in [-0.2, -0.15) is 0 Å². The highest BCUT2D eigenvalue weighted by Crippen LogP contribution is 2.31. The Bertz CT molecular complexity index is 890. The van der Waals surface area contributed by atoms with E-state index in [1.165, 1.54) is 23.5 Å². The summed E-state index contributed by atoms with van der Waals surface area (Å²) in [7, 11) is 0. The van der Waals surface area contributed by atoms with Crippen molar-refractivity contribution in [1.29, 1.82) is 0 Å². The lowest BCUT2D eigenvalue weighted by Crippen LogP contribution is -2.10. The predicted octanol–water partition coefficient (Wildman–Crippen LogP) is 4.93. The van der Waals surface area contributed by atoms with Crippen LogP contribution in [0.4, 0.5) is 11.5 Å². The van der Waals surface area contributed by atoms with E-state index in [2.05, 4.69) is 15.3 Å². The average molecular weight is 383 g/mol. The van der Waals surface area contributed by atoms with E-state index in [0.717, 1.165) is 11.3 Å². The Kier molecular flexibility index (Phi) is 6.14. The molecule has 1 heterocycles. The molecule has 0 bridgehead atoms. The van der Waals surface area contributed by atoms with Crippen molar-refractivity contribution in [2.45, 2.75) is 15.9 Å². The maximum Gasteiger partial charge on any atom is 0.342 e. The van der Waals surface area contributed by atoms with Gasteiger partial charge in [-0.05, 0) is 24.0 Å². The molecule has 5 nitrogen and oxygen atoms in total. The number of thioether (sulfide) groups is 2. The number of hydrogen-bond donors (Lipinski definition) is 2. The molecule has 2 N–H and O–H groups in total. The lowest BCUT2D eigenvalue weighted by Gasteiger charge is -2.13. The highest BCUT2D eigenvalue weighted by atomic mass is 32.2. The number of rotatable bonds is 7. The summed E-state index contributed by atoms with van der Waals surface area (Å²) in [6, 6.07) is 19.3. The quantitative estimate of drug-likeness (QED) is 0.340. The molecule has 0 aliphatic heterocycles. The van der Waals surface area contributed by atoms with Crippen molar-refractivity contribution in [2.75, 3.05) is 11.6 Å². The van der Waals surface area contributed by atoms with Crippen molar-refractivity contribution in [2.24, 2.45) is 0 Å². The lowest BCUT2D eigenvalue weighted by atomic mass is 10.2. The van der Waals surface area contributed by atoms with Crippen LogP contribution in [0.15, 0.2) is 70.8 Å². The Morgan fingerprint density at radius 3 is 2.31 bits per heavy atom. The van der Waals surface area contributed by atoms with Gasteiger partial charge in [0, 0.05) is 11.4 Å². The van der Waals surface area contributed by atoms with Gasteiger partial charge in [-0.3, -0.25) is 0 Å². The van der Waals surface area contributed by atoms with Crippen LogP contribution in [0, 0.1) is 0 Å². The minimum absolute atomic E-state index is 0.0904. The molecule has 0 amide bonds. The highest BCUT2D eigenvalue weighted by molar-refractivity contribution is 7.99. The fourth-order valence-corrected chi connectivity index (χ4v) is 3.68. The van der Waals surface area contributed by atoms with Crippen molar-refractivity contribution in [3.05, 3.63) is 71.8 Å². The fraction of sp³-hybridized carbons (Fsp3) is 0.105. The fourth-order valence-electron chi connectivity index (χ4n) is 2.28. The summed E-state index contributed by atoms with van der Waals surface area (Å²) in [6.07, 6.45) is 1.87. The third-order valence-electron chi connectivity index (χ3n) is 3.51. The summed E-state index contributed by atoms with van der Waals surface area (Å²) in [5.41, 5.74) is 1.98. The largest absolute Gasteiger partial charge is 0.477 e. The van der Waals surface area contributed by atoms with E-state index < -0.39 is 5.97 Å². The Labute approximate surface area is 160 Å². The third-order valence-corrected chi connectivity index (χ3v) is 5.10. The molecule has 132 valence electrons. The molecule has 0 unspecified atom stereocenters. The molecule has 0 saturated heterocycles. The molecular weight excluding hydrogens is 366 g/mol. The number of carbonyl (C=O) groups is 1. The van der Waals surface area contributed by atoms with E-state index in [1.807, 2.05) is 66.9 Å². The van der Waals surface area contributed by atoms with Gasteiger partial charge in [-0.25, -0.2) is 14.8 Å². The van der Waals surface area contributed by atoms with Crippen LogP contribution < -0.4 is 5.32 Å². The maximum absolute atomic E-state index is 11.9. The number of carboxylic acids is 1. The number of carboxylic acid groups (broad SMARTS) is 1. The molecule has 0 atom stereocenters. The average Bonchev–Trinajstić information content (AvgIpc) is 2.67. The minimum atomic E-state index is -1.05. The molecule has 26 heavy (non-hydrogen) atoms. The summed E-state index contributed by atoms with van der Waals surface area (Å²) in [6.45, 7) is 0. The minimum Gasteiger partial charge on any atom is -0.477 e. The number of aromatic nitrogens is 2. The van der Waals surface area contributed by atoms with Crippen LogP contribution in [-0.4, -0.2) is 27.3 Å². The molecule has 0 saturated carbocycles. The molecule has 0 spiro atoms. The molecule has 3 aromatic rings. The predicted molar refractivity (Wildman–Crippen MR) is 107 cm³/mol. The van der Waals surface area contributed by atoms with Gasteiger partial charge in [0.1, 0.15) is 10.6 Å². The zero-order valence-electron chi connectivity index (χ0n) is 14.0. The summed E-state index contributed by atoms with van der Waals surface area (Å²) >= 11 is 2.78. The molecule has 0 aliphatic carbocycles. The second-order valence-corrected chi connectivity index (χ2v) is 7.05. The Morgan fingerprint density at radius 2 is 1.69 bits per heavy atom. The molecule has 0 aliphatic rings. The number of benzene rings is 2. The van der Waals surface area contributed by atoms with Gasteiger partial charge in [-0.15, -0.1) is 11.8 Å². The van der Waals surface area contributed by atoms with Crippen LogP contribution in [0.3, 0.4) is 0 Å². The summed E-state index contributed by atoms with van der Waals surface area (Å²) in [4.78, 5) is 20.7. The number of hydrogen-bond acceptors (Lipinski definition) is 6. The first-order chi connectivity index (χ1) is 12.7. The molecule has 2 aromatic carbocycles. The van der Waals surface area contributed by atoms with E-state index in [9.17, 15) is 9.90 Å². The first kappa shape index (κ1) is 18.3. The van der Waals surface area contributed by atoms with Crippen LogP contribution in [-0.2, 0) is 5.75 Å². The van der Waals surface area contributed by atoms with Gasteiger partial charge >= 0.3 is 5.97 Å². The van der Waals surface area contributed by atoms with E-state index in [-0.39, 0.29) is 5.56 Å². The van der Waals surface area contributed by atoms with E-state index >= 15 is 0 Å². The van der Waals surface area contributed by atoms with Crippen LogP contribution in [0.2, 0.25) is 0 Å². The smallest absolute Gasteiger partial charge is 0.342 e. The third kappa shape index (κ3) is 4.56. The summed E-state index contributed by atoms with van der Waals surface area (Å²) < 4.78 is 0. The number of nitrogens with one attached hydrogen (secondary N) is 1. The number of aromatic carboxylic acids is 1. The first-order valence-electron chi connectivity index (χ1n) is 7.85. The molecule has 3 rings (SSSR count). The van der Waals surface area contributed by atoms with Gasteiger partial charge in [0.05, 0.1) is 0 Å². The normalized spacial score (nSPS) is 10.5. The summed E-state index contributed by atoms with van der Waals surface area (Å²) in [5, 5.41) is 13.8. The van der Waals surface area contributed by atoms with Crippen LogP contribution in [0.25, 0.3) is 0 Å². The zero-order valence-corrected chi connectivity index (χ0v) is 15.7. The van der Waals surface area contributed by atoms with Crippen molar-refractivity contribution >= 4 is 41.0 Å². The van der Waals surface area contributed by atoms with E-state index in [0.29, 0.717) is 21.8 Å². The number of nitrogens with zero attached hydrogens (tertiary/aromatic N) is 2. The lowest BCUT2D eigenvalue weighted by molar-refractivity contribution is 0.0692. The van der Waals surface area contributed by atoms with Gasteiger partial charge in [0.25, 0.3) is 0 Å². The second kappa shape index (κ2) is 8.73. The van der Waals surface area contributed by atoms with Crippen LogP contribution >= 0.6 is 23.5 Å². The van der Waals surface area contributed by atoms with Crippen molar-refractivity contribution < 1.29 is 9.90 Å². The number of para-hydroxylation sites is 1. The van der Waals surface area contributed by atoms with Crippen molar-refractivity contribution in [3.8, 4) is 0 Å². The topological polar surface area (TPSA) is 75.1 Å². The monoisotopic (exact) mass is 383 g/mol. The van der Waals surface area contributed by atoms with Gasteiger partial charge in [0.2, 0.25) is 0 Å². The Morgan fingerprint density at radius 1 is 1.04 bits per heavy atom. The highest BCUT2D eigenvalue weighted by Gasteiger charge is 2.21.